The molecular weight excluding hydrogens is 344 g/mol. The molecule has 1 atom stereocenters. The Morgan fingerprint density at radius 3 is 2.79 bits per heavy atom. The van der Waals surface area contributed by atoms with Gasteiger partial charge in [0.25, 0.3) is 5.78 Å². The predicted octanol–water partition coefficient (Wildman–Crippen LogP) is 3.80. The van der Waals surface area contributed by atoms with Crippen LogP contribution < -0.4 is 0 Å². The Morgan fingerprint density at radius 1 is 1.25 bits per heavy atom. The van der Waals surface area contributed by atoms with E-state index in [1.807, 2.05) is 24.3 Å². The molecule has 0 fully saturated rings. The van der Waals surface area contributed by atoms with Crippen LogP contribution in [0, 0.1) is 0 Å². The van der Waals surface area contributed by atoms with E-state index in [1.165, 1.54) is 0 Å². The summed E-state index contributed by atoms with van der Waals surface area (Å²) >= 11 is 7.52. The third-order valence-corrected chi connectivity index (χ3v) is 5.15. The summed E-state index contributed by atoms with van der Waals surface area (Å²) in [5.41, 5.74) is 2.58. The number of fused-ring (bicyclic) bond motifs is 2. The number of Topliss-reactive ketones (excluding diaryl/α,β-unsaturated/α-hetero) is 1. The Morgan fingerprint density at radius 2 is 2.04 bits per heavy atom. The van der Waals surface area contributed by atoms with Gasteiger partial charge in [0, 0.05) is 17.6 Å². The van der Waals surface area contributed by atoms with E-state index in [4.69, 9.17) is 11.6 Å². The van der Waals surface area contributed by atoms with Crippen molar-refractivity contribution in [2.45, 2.75) is 30.8 Å². The average Bonchev–Trinajstić information content (AvgIpc) is 2.95. The minimum absolute atomic E-state index is 0.103. The smallest absolute Gasteiger partial charge is 0.253 e. The Balaban J connectivity index is 1.72. The quantitative estimate of drug-likeness (QED) is 0.666. The van der Waals surface area contributed by atoms with Gasteiger partial charge in [-0.05, 0) is 35.8 Å². The zero-order valence-corrected chi connectivity index (χ0v) is 14.6. The van der Waals surface area contributed by atoms with Crippen LogP contribution >= 0.6 is 23.4 Å². The van der Waals surface area contributed by atoms with Crippen LogP contribution in [0.15, 0.2) is 35.6 Å². The highest BCUT2D eigenvalue weighted by Crippen LogP contribution is 2.32. The number of hydrogen-bond acceptors (Lipinski definition) is 5. The van der Waals surface area contributed by atoms with Crippen LogP contribution in [0.2, 0.25) is 5.02 Å². The van der Waals surface area contributed by atoms with Crippen molar-refractivity contribution in [3.63, 3.8) is 0 Å². The van der Waals surface area contributed by atoms with Gasteiger partial charge in [-0.25, -0.2) is 9.50 Å². The van der Waals surface area contributed by atoms with Crippen LogP contribution in [-0.4, -0.2) is 31.1 Å². The fourth-order valence-electron chi connectivity index (χ4n) is 3.03. The summed E-state index contributed by atoms with van der Waals surface area (Å²) in [7, 11) is 0. The summed E-state index contributed by atoms with van der Waals surface area (Å²) in [4.78, 5) is 21.6. The van der Waals surface area contributed by atoms with Gasteiger partial charge < -0.3 is 0 Å². The van der Waals surface area contributed by atoms with Gasteiger partial charge in [0.05, 0.1) is 11.3 Å². The summed E-state index contributed by atoms with van der Waals surface area (Å²) < 4.78 is 1.61. The Labute approximate surface area is 148 Å². The molecule has 5 nitrogen and oxygen atoms in total. The van der Waals surface area contributed by atoms with Crippen molar-refractivity contribution in [1.82, 2.24) is 19.6 Å². The molecule has 2 heterocycles. The van der Waals surface area contributed by atoms with Gasteiger partial charge in [-0.3, -0.25) is 4.79 Å². The first-order valence-electron chi connectivity index (χ1n) is 7.82. The van der Waals surface area contributed by atoms with Crippen molar-refractivity contribution in [1.29, 1.82) is 0 Å². The minimum atomic E-state index is 0.103. The van der Waals surface area contributed by atoms with Crippen molar-refractivity contribution in [2.24, 2.45) is 0 Å². The molecule has 0 saturated carbocycles. The third kappa shape index (κ3) is 2.80. The molecule has 0 aliphatic heterocycles. The molecule has 122 valence electrons. The van der Waals surface area contributed by atoms with Gasteiger partial charge in [0.1, 0.15) is 0 Å². The Hall–Kier alpha value is -1.92. The van der Waals surface area contributed by atoms with E-state index in [1.54, 1.807) is 22.5 Å². The van der Waals surface area contributed by atoms with Gasteiger partial charge >= 0.3 is 0 Å². The molecular formula is C17H15ClN4OS. The van der Waals surface area contributed by atoms with Gasteiger partial charge in [-0.15, -0.1) is 5.10 Å². The average molecular weight is 359 g/mol. The van der Waals surface area contributed by atoms with Gasteiger partial charge in [0.15, 0.2) is 5.78 Å². The van der Waals surface area contributed by atoms with Gasteiger partial charge in [-0.2, -0.15) is 4.98 Å². The molecule has 0 spiro atoms. The van der Waals surface area contributed by atoms with E-state index in [2.05, 4.69) is 22.0 Å². The van der Waals surface area contributed by atoms with Gasteiger partial charge in [0.2, 0.25) is 5.16 Å². The summed E-state index contributed by atoms with van der Waals surface area (Å²) in [5.74, 6) is 1.68. The number of benzene rings is 1. The highest BCUT2D eigenvalue weighted by molar-refractivity contribution is 7.99. The van der Waals surface area contributed by atoms with Crippen LogP contribution in [0.3, 0.4) is 0 Å². The van der Waals surface area contributed by atoms with Crippen molar-refractivity contribution in [3.05, 3.63) is 52.3 Å². The van der Waals surface area contributed by atoms with Gasteiger partial charge in [-0.1, -0.05) is 42.4 Å². The first-order chi connectivity index (χ1) is 11.6. The van der Waals surface area contributed by atoms with E-state index in [0.29, 0.717) is 27.9 Å². The Kier molecular flexibility index (Phi) is 4.02. The lowest BCUT2D eigenvalue weighted by molar-refractivity contribution is 0.0962. The first kappa shape index (κ1) is 15.6. The second-order valence-corrected chi connectivity index (χ2v) is 7.42. The first-order valence-corrected chi connectivity index (χ1v) is 9.18. The van der Waals surface area contributed by atoms with E-state index in [9.17, 15) is 4.79 Å². The summed E-state index contributed by atoms with van der Waals surface area (Å²) in [5, 5.41) is 5.76. The van der Waals surface area contributed by atoms with Crippen molar-refractivity contribution >= 4 is 34.9 Å². The number of carbonyl (C=O) groups is 1. The van der Waals surface area contributed by atoms with Crippen molar-refractivity contribution in [2.75, 3.05) is 5.75 Å². The number of nitrogens with zero attached hydrogens (tertiary/aromatic N) is 4. The van der Waals surface area contributed by atoms with Crippen LogP contribution in [-0.2, 0) is 6.42 Å². The predicted molar refractivity (Wildman–Crippen MR) is 94.0 cm³/mol. The molecule has 0 saturated heterocycles. The zero-order valence-electron chi connectivity index (χ0n) is 13.1. The van der Waals surface area contributed by atoms with E-state index >= 15 is 0 Å². The molecule has 24 heavy (non-hydrogen) atoms. The molecule has 0 radical (unpaired) electrons. The molecule has 1 aliphatic rings. The molecule has 4 rings (SSSR count). The summed E-state index contributed by atoms with van der Waals surface area (Å²) in [6, 6.07) is 7.69. The van der Waals surface area contributed by atoms with E-state index in [0.717, 1.165) is 23.4 Å². The lowest BCUT2D eigenvalue weighted by Gasteiger charge is -2.23. The lowest BCUT2D eigenvalue weighted by Crippen LogP contribution is -2.21. The largest absolute Gasteiger partial charge is 0.294 e. The topological polar surface area (TPSA) is 60.1 Å². The maximum atomic E-state index is 12.6. The maximum absolute atomic E-state index is 12.6. The lowest BCUT2D eigenvalue weighted by atomic mass is 9.82. The molecule has 1 aromatic carbocycles. The fourth-order valence-corrected chi connectivity index (χ4v) is 3.70. The molecule has 1 aliphatic carbocycles. The summed E-state index contributed by atoms with van der Waals surface area (Å²) in [6.07, 6.45) is 2.97. The normalized spacial score (nSPS) is 17.2. The third-order valence-electron chi connectivity index (χ3n) is 4.18. The van der Waals surface area contributed by atoms with Crippen LogP contribution in [0.5, 0.6) is 0 Å². The number of hydrogen-bond donors (Lipinski definition) is 0. The molecule has 0 N–H and O–H groups in total. The second kappa shape index (κ2) is 6.18. The molecule has 0 amide bonds. The monoisotopic (exact) mass is 358 g/mol. The number of carbonyl (C=O) groups excluding carboxylic acids is 1. The molecule has 0 bridgehead atoms. The second-order valence-electron chi connectivity index (χ2n) is 5.75. The Bertz CT molecular complexity index is 922. The SMILES string of the molecule is CCSc1nc2nc3c(cn2n1)C(=O)CC(c1ccc(Cl)cc1)C3. The summed E-state index contributed by atoms with van der Waals surface area (Å²) in [6.45, 7) is 2.05. The standard InChI is InChI=1S/C17H15ClN4OS/c1-2-24-17-20-16-19-14-7-11(10-3-5-12(18)6-4-10)8-15(23)13(14)9-22(16)21-17/h3-6,9,11H,2,7-8H2,1H3. The maximum Gasteiger partial charge on any atom is 0.253 e. The van der Waals surface area contributed by atoms with Crippen molar-refractivity contribution < 1.29 is 4.79 Å². The number of ketones is 1. The van der Waals surface area contributed by atoms with E-state index in [-0.39, 0.29) is 11.7 Å². The highest BCUT2D eigenvalue weighted by atomic mass is 35.5. The highest BCUT2D eigenvalue weighted by Gasteiger charge is 2.28. The zero-order chi connectivity index (χ0) is 16.7. The van der Waals surface area contributed by atoms with Crippen LogP contribution in [0.4, 0.5) is 0 Å². The minimum Gasteiger partial charge on any atom is -0.294 e. The molecule has 3 aromatic rings. The number of rotatable bonds is 3. The van der Waals surface area contributed by atoms with Crippen molar-refractivity contribution in [3.8, 4) is 0 Å². The van der Waals surface area contributed by atoms with Crippen LogP contribution in [0.25, 0.3) is 5.78 Å². The fraction of sp³-hybridized carbons (Fsp3) is 0.294. The van der Waals surface area contributed by atoms with Crippen LogP contribution in [0.1, 0.15) is 40.9 Å². The number of aromatic nitrogens is 4. The van der Waals surface area contributed by atoms with E-state index < -0.39 is 0 Å². The molecule has 1 unspecified atom stereocenters. The molecule has 7 heteroatoms. The number of halogens is 1. The molecule has 2 aromatic heterocycles. The number of thioether (sulfide) groups is 1.